The molecule has 1 atom stereocenters. The number of methoxy groups -OCH3 is 1. The zero-order chi connectivity index (χ0) is 30.0. The third-order valence-corrected chi connectivity index (χ3v) is 9.48. The van der Waals surface area contributed by atoms with Gasteiger partial charge in [0.1, 0.15) is 11.6 Å². The Morgan fingerprint density at radius 3 is 2.71 bits per heavy atom. The van der Waals surface area contributed by atoms with Crippen LogP contribution in [-0.4, -0.2) is 34.8 Å². The molecule has 2 aromatic carbocycles. The quantitative estimate of drug-likeness (QED) is 0.276. The van der Waals surface area contributed by atoms with E-state index in [0.717, 1.165) is 11.3 Å². The van der Waals surface area contributed by atoms with Crippen LogP contribution in [0.25, 0.3) is 0 Å². The average Bonchev–Trinajstić information content (AvgIpc) is 3.44. The first kappa shape index (κ1) is 29.6. The summed E-state index contributed by atoms with van der Waals surface area (Å²) in [7, 11) is 1.51. The largest absolute Gasteiger partial charge is 0.495 e. The summed E-state index contributed by atoms with van der Waals surface area (Å²) in [4.78, 5) is 27.7. The number of anilines is 2. The number of nitrogens with one attached hydrogen (secondary N) is 1. The van der Waals surface area contributed by atoms with Crippen molar-refractivity contribution in [3.05, 3.63) is 81.3 Å². The number of hydrogen-bond donors (Lipinski definition) is 2. The summed E-state index contributed by atoms with van der Waals surface area (Å²) in [6.45, 7) is 4.24. The molecule has 3 aromatic rings. The third-order valence-electron chi connectivity index (χ3n) is 7.20. The molecular formula is C30H29ClN6O3S2. The molecule has 42 heavy (non-hydrogen) atoms. The molecule has 0 spiro atoms. The molecule has 216 valence electrons. The van der Waals surface area contributed by atoms with Gasteiger partial charge in [0.25, 0.3) is 0 Å². The number of amides is 1. The Balaban J connectivity index is 1.41. The number of thioether (sulfide) groups is 1. The summed E-state index contributed by atoms with van der Waals surface area (Å²) in [5.74, 6) is 0.365. The predicted octanol–water partition coefficient (Wildman–Crippen LogP) is 6.36. The van der Waals surface area contributed by atoms with Crippen LogP contribution in [0.15, 0.2) is 69.5 Å². The first-order chi connectivity index (χ1) is 20.2. The molecule has 1 aliphatic carbocycles. The molecule has 1 amide bonds. The summed E-state index contributed by atoms with van der Waals surface area (Å²) >= 11 is 8.53. The van der Waals surface area contributed by atoms with Gasteiger partial charge in [-0.15, -0.1) is 10.2 Å². The Morgan fingerprint density at radius 2 is 2.02 bits per heavy atom. The number of aromatic nitrogens is 2. The van der Waals surface area contributed by atoms with E-state index in [1.54, 1.807) is 23.1 Å². The number of allylic oxidation sites excluding steroid dienone is 3. The Labute approximate surface area is 257 Å². The van der Waals surface area contributed by atoms with Crippen molar-refractivity contribution in [2.75, 3.05) is 23.1 Å². The number of ether oxygens (including phenoxy) is 1. The van der Waals surface area contributed by atoms with Gasteiger partial charge in [-0.2, -0.15) is 5.26 Å². The molecular weight excluding hydrogens is 592 g/mol. The highest BCUT2D eigenvalue weighted by molar-refractivity contribution is 8.01. The standard InChI is InChI=1S/C30H29ClN6O3S2/c1-16(2)17-7-9-18(10-8-17)26-20(14-32)28(33)37(22-5-4-6-23(38)27(22)26)29-35-36-30(42-29)41-15-25(39)34-21-13-19(31)11-12-24(21)40-3/h7-13,16,26H,4-6,15,33H2,1-3H3,(H,34,39). The lowest BCUT2D eigenvalue weighted by atomic mass is 9.75. The van der Waals surface area contributed by atoms with Crippen LogP contribution >= 0.6 is 34.7 Å². The highest BCUT2D eigenvalue weighted by atomic mass is 35.5. The van der Waals surface area contributed by atoms with E-state index in [4.69, 9.17) is 22.1 Å². The molecule has 3 N–H and O–H groups in total. The number of halogens is 1. The first-order valence-corrected chi connectivity index (χ1v) is 15.6. The van der Waals surface area contributed by atoms with E-state index < -0.39 is 5.92 Å². The zero-order valence-electron chi connectivity index (χ0n) is 23.3. The molecule has 0 saturated heterocycles. The van der Waals surface area contributed by atoms with Crippen LogP contribution in [0.3, 0.4) is 0 Å². The normalized spacial score (nSPS) is 16.9. The molecule has 5 rings (SSSR count). The number of carbonyl (C=O) groups excluding carboxylic acids is 2. The van der Waals surface area contributed by atoms with Crippen molar-refractivity contribution in [2.45, 2.75) is 49.3 Å². The van der Waals surface area contributed by atoms with E-state index in [2.05, 4.69) is 35.4 Å². The number of ketones is 1. The van der Waals surface area contributed by atoms with Gasteiger partial charge in [0, 0.05) is 22.7 Å². The summed E-state index contributed by atoms with van der Waals surface area (Å²) in [6.07, 6.45) is 1.71. The van der Waals surface area contributed by atoms with Crippen LogP contribution in [0.4, 0.5) is 10.8 Å². The molecule has 1 aromatic heterocycles. The van der Waals surface area contributed by atoms with Gasteiger partial charge in [-0.25, -0.2) is 0 Å². The SMILES string of the molecule is COc1ccc(Cl)cc1NC(=O)CSc1nnc(N2C(N)=C(C#N)C(c3ccc(C(C)C)cc3)C3=C2CCCC3=O)s1. The van der Waals surface area contributed by atoms with Crippen molar-refractivity contribution in [3.8, 4) is 11.8 Å². The van der Waals surface area contributed by atoms with Crippen molar-refractivity contribution >= 4 is 57.2 Å². The Kier molecular flexibility index (Phi) is 8.87. The van der Waals surface area contributed by atoms with E-state index >= 15 is 0 Å². The first-order valence-electron chi connectivity index (χ1n) is 13.4. The molecule has 0 radical (unpaired) electrons. The van der Waals surface area contributed by atoms with Gasteiger partial charge in [0.05, 0.1) is 36.1 Å². The van der Waals surface area contributed by atoms with Crippen molar-refractivity contribution in [3.63, 3.8) is 0 Å². The molecule has 9 nitrogen and oxygen atoms in total. The summed E-state index contributed by atoms with van der Waals surface area (Å²) in [6, 6.07) is 15.3. The highest BCUT2D eigenvalue weighted by Gasteiger charge is 2.41. The number of hydrogen-bond acceptors (Lipinski definition) is 10. The van der Waals surface area contributed by atoms with Crippen LogP contribution in [0.5, 0.6) is 5.75 Å². The van der Waals surface area contributed by atoms with Crippen molar-refractivity contribution in [1.82, 2.24) is 10.2 Å². The smallest absolute Gasteiger partial charge is 0.234 e. The fourth-order valence-corrected chi connectivity index (χ4v) is 7.01. The highest BCUT2D eigenvalue weighted by Crippen LogP contribution is 2.47. The minimum absolute atomic E-state index is 0.00617. The molecule has 0 bridgehead atoms. The van der Waals surface area contributed by atoms with Crippen LogP contribution in [0.1, 0.15) is 56.1 Å². The minimum atomic E-state index is -0.538. The minimum Gasteiger partial charge on any atom is -0.495 e. The van der Waals surface area contributed by atoms with Crippen LogP contribution in [-0.2, 0) is 9.59 Å². The number of Topliss-reactive ketones (excluding diaryl/α,β-unsaturated/α-hetero) is 1. The van der Waals surface area contributed by atoms with Crippen LogP contribution in [0.2, 0.25) is 5.02 Å². The Hall–Kier alpha value is -3.85. The second-order valence-electron chi connectivity index (χ2n) is 10.2. The number of nitrogens with zero attached hydrogens (tertiary/aromatic N) is 4. The van der Waals surface area contributed by atoms with Gasteiger partial charge in [-0.3, -0.25) is 14.5 Å². The van der Waals surface area contributed by atoms with Gasteiger partial charge in [0.15, 0.2) is 10.1 Å². The summed E-state index contributed by atoms with van der Waals surface area (Å²) < 4.78 is 5.83. The molecule has 2 aliphatic rings. The number of rotatable bonds is 8. The average molecular weight is 621 g/mol. The monoisotopic (exact) mass is 620 g/mol. The topological polar surface area (TPSA) is 134 Å². The van der Waals surface area contributed by atoms with E-state index in [9.17, 15) is 14.9 Å². The number of benzene rings is 2. The maximum Gasteiger partial charge on any atom is 0.234 e. The van der Waals surface area contributed by atoms with Crippen molar-refractivity contribution in [1.29, 1.82) is 5.26 Å². The fourth-order valence-electron chi connectivity index (χ4n) is 5.15. The number of nitrogens with two attached hydrogens (primary N) is 1. The maximum absolute atomic E-state index is 13.4. The second kappa shape index (κ2) is 12.6. The van der Waals surface area contributed by atoms with E-state index in [1.165, 1.54) is 35.8 Å². The number of nitriles is 1. The van der Waals surface area contributed by atoms with Gasteiger partial charge in [0.2, 0.25) is 11.0 Å². The molecule has 0 fully saturated rings. The lowest BCUT2D eigenvalue weighted by Crippen LogP contribution is -2.38. The van der Waals surface area contributed by atoms with E-state index in [0.29, 0.717) is 62.3 Å². The predicted molar refractivity (Wildman–Crippen MR) is 166 cm³/mol. The maximum atomic E-state index is 13.4. The van der Waals surface area contributed by atoms with Crippen molar-refractivity contribution in [2.24, 2.45) is 5.73 Å². The Bertz CT molecular complexity index is 1640. The van der Waals surface area contributed by atoms with Gasteiger partial charge in [-0.05, 0) is 48.1 Å². The van der Waals surface area contributed by atoms with Crippen molar-refractivity contribution < 1.29 is 14.3 Å². The van der Waals surface area contributed by atoms with Crippen LogP contribution in [0, 0.1) is 11.3 Å². The molecule has 0 saturated carbocycles. The molecule has 1 unspecified atom stereocenters. The molecule has 2 heterocycles. The van der Waals surface area contributed by atoms with Gasteiger partial charge in [-0.1, -0.05) is 72.8 Å². The van der Waals surface area contributed by atoms with Crippen LogP contribution < -0.4 is 20.7 Å². The molecule has 12 heteroatoms. The summed E-state index contributed by atoms with van der Waals surface area (Å²) in [5, 5.41) is 22.6. The van der Waals surface area contributed by atoms with Gasteiger partial charge >= 0.3 is 0 Å². The third kappa shape index (κ3) is 5.88. The zero-order valence-corrected chi connectivity index (χ0v) is 25.7. The molecule has 1 aliphatic heterocycles. The van der Waals surface area contributed by atoms with E-state index in [-0.39, 0.29) is 23.3 Å². The number of carbonyl (C=O) groups is 2. The fraction of sp³-hybridized carbons (Fsp3) is 0.300. The lowest BCUT2D eigenvalue weighted by molar-refractivity contribution is -0.116. The lowest BCUT2D eigenvalue weighted by Gasteiger charge is -2.38. The van der Waals surface area contributed by atoms with Gasteiger partial charge < -0.3 is 15.8 Å². The van der Waals surface area contributed by atoms with E-state index in [1.807, 2.05) is 24.3 Å². The Morgan fingerprint density at radius 1 is 1.26 bits per heavy atom. The summed E-state index contributed by atoms with van der Waals surface area (Å²) in [5.41, 5.74) is 10.8. The second-order valence-corrected chi connectivity index (χ2v) is 12.8.